The molecule has 0 heterocycles. The van der Waals surface area contributed by atoms with Crippen LogP contribution in [0.2, 0.25) is 0 Å². The largest absolute Gasteiger partial charge is 1.00 e. The van der Waals surface area contributed by atoms with Crippen LogP contribution in [0.5, 0.6) is 0 Å². The minimum Gasteiger partial charge on any atom is -0.748 e. The van der Waals surface area contributed by atoms with E-state index in [1.54, 1.807) is 0 Å². The van der Waals surface area contributed by atoms with Crippen LogP contribution in [-0.4, -0.2) is 29.4 Å². The second-order valence-corrected chi connectivity index (χ2v) is 9.44. The van der Waals surface area contributed by atoms with Gasteiger partial charge < -0.3 is 9.66 Å². The zero-order valence-electron chi connectivity index (χ0n) is 18.3. The summed E-state index contributed by atoms with van der Waals surface area (Å²) in [6.07, 6.45) is 16.9. The Labute approximate surface area is 211 Å². The molecule has 0 radical (unpaired) electrons. The summed E-state index contributed by atoms with van der Waals surface area (Å²) in [5.41, 5.74) is 0. The second-order valence-electron chi connectivity index (χ2n) is 7.79. The molecule has 0 aromatic rings. The van der Waals surface area contributed by atoms with E-state index in [-0.39, 0.29) is 57.5 Å². The van der Waals surface area contributed by atoms with Crippen LogP contribution < -0.4 is 51.4 Å². The summed E-state index contributed by atoms with van der Waals surface area (Å²) in [4.78, 5) is 0. The zero-order valence-corrected chi connectivity index (χ0v) is 22.2. The molecule has 0 saturated heterocycles. The van der Waals surface area contributed by atoms with Crippen LogP contribution >= 0.6 is 0 Å². The topological polar surface area (TPSA) is 77.4 Å². The van der Waals surface area contributed by atoms with Crippen molar-refractivity contribution in [2.45, 2.75) is 134 Å². The van der Waals surface area contributed by atoms with Crippen LogP contribution in [0.25, 0.3) is 0 Å². The van der Waals surface area contributed by atoms with Crippen molar-refractivity contribution in [2.75, 3.05) is 0 Å². The minimum atomic E-state index is -4.16. The fraction of sp³-hybridized carbons (Fsp3) is 1.00. The molecule has 0 aliphatic heterocycles. The maximum atomic E-state index is 11.5. The quantitative estimate of drug-likeness (QED) is 0.194. The van der Waals surface area contributed by atoms with E-state index in [0.29, 0.717) is 12.8 Å². The Morgan fingerprint density at radius 2 is 1.07 bits per heavy atom. The second kappa shape index (κ2) is 20.8. The summed E-state index contributed by atoms with van der Waals surface area (Å²) in [5, 5.41) is 8.81. The predicted molar refractivity (Wildman–Crippen MR) is 109 cm³/mol. The molecule has 0 rings (SSSR count). The monoisotopic (exact) mass is 430 g/mol. The number of aliphatic hydroxyl groups is 1. The average Bonchev–Trinajstić information content (AvgIpc) is 2.59. The summed E-state index contributed by atoms with van der Waals surface area (Å²) in [7, 11) is -4.16. The number of hydrogen-bond donors (Lipinski definition) is 1. The van der Waals surface area contributed by atoms with Gasteiger partial charge in [0, 0.05) is 5.25 Å². The minimum absolute atomic E-state index is 0. The zero-order chi connectivity index (χ0) is 19.7. The van der Waals surface area contributed by atoms with Crippen molar-refractivity contribution in [1.29, 1.82) is 0 Å². The molecule has 0 spiro atoms. The van der Waals surface area contributed by atoms with Crippen molar-refractivity contribution < 1.29 is 69.5 Å². The Balaban J connectivity index is 0. The molecule has 4 nitrogen and oxygen atoms in total. The first-order valence-corrected chi connectivity index (χ1v) is 12.5. The molecular weight excluding hydrogens is 387 g/mol. The van der Waals surface area contributed by atoms with Crippen molar-refractivity contribution in [2.24, 2.45) is 0 Å². The smallest absolute Gasteiger partial charge is 0.748 e. The molecule has 0 amide bonds. The van der Waals surface area contributed by atoms with Gasteiger partial charge in [-0.25, -0.2) is 8.42 Å². The molecule has 0 saturated carbocycles. The van der Waals surface area contributed by atoms with Crippen molar-refractivity contribution in [3.8, 4) is 0 Å². The number of rotatable bonds is 19. The molecule has 2 atom stereocenters. The molecule has 0 aromatic heterocycles. The Bertz CT molecular complexity index is 401. The van der Waals surface area contributed by atoms with E-state index in [4.69, 9.17) is 0 Å². The van der Waals surface area contributed by atoms with Gasteiger partial charge in [0.25, 0.3) is 0 Å². The van der Waals surface area contributed by atoms with Crippen LogP contribution in [0.1, 0.15) is 123 Å². The van der Waals surface area contributed by atoms with Gasteiger partial charge in [0.05, 0.1) is 16.2 Å². The van der Waals surface area contributed by atoms with Crippen molar-refractivity contribution >= 4 is 10.1 Å². The third kappa shape index (κ3) is 20.6. The molecule has 0 bridgehead atoms. The van der Waals surface area contributed by atoms with Gasteiger partial charge in [-0.3, -0.25) is 0 Å². The fourth-order valence-corrected chi connectivity index (χ4v) is 4.34. The fourth-order valence-electron chi connectivity index (χ4n) is 3.43. The van der Waals surface area contributed by atoms with Crippen LogP contribution in [0.4, 0.5) is 0 Å². The summed E-state index contributed by atoms with van der Waals surface area (Å²) >= 11 is 0. The van der Waals surface area contributed by atoms with Gasteiger partial charge in [-0.2, -0.15) is 0 Å². The number of hydrogen-bond acceptors (Lipinski definition) is 4. The van der Waals surface area contributed by atoms with Gasteiger partial charge in [-0.1, -0.05) is 97.3 Å². The van der Waals surface area contributed by atoms with E-state index in [0.717, 1.165) is 70.6 Å². The molecule has 0 aliphatic carbocycles. The van der Waals surface area contributed by atoms with Crippen LogP contribution in [0.3, 0.4) is 0 Å². The van der Waals surface area contributed by atoms with E-state index in [9.17, 15) is 18.1 Å². The molecule has 27 heavy (non-hydrogen) atoms. The van der Waals surface area contributed by atoms with Crippen LogP contribution in [-0.2, 0) is 10.1 Å². The number of unbranched alkanes of at least 4 members (excludes halogenated alkanes) is 11. The van der Waals surface area contributed by atoms with Crippen molar-refractivity contribution in [3.05, 3.63) is 0 Å². The first-order valence-electron chi connectivity index (χ1n) is 11.0. The van der Waals surface area contributed by atoms with Crippen molar-refractivity contribution in [1.82, 2.24) is 0 Å². The van der Waals surface area contributed by atoms with E-state index in [1.807, 2.05) is 6.92 Å². The summed E-state index contributed by atoms with van der Waals surface area (Å²) in [5.74, 6) is 0. The molecule has 158 valence electrons. The molecule has 2 unspecified atom stereocenters. The first-order chi connectivity index (χ1) is 12.4. The maximum absolute atomic E-state index is 11.5. The molecular formula is C21H43KO4S. The molecule has 1 N–H and O–H groups in total. The standard InChI is InChI=1S/C21H44O4S.K/c1-3-5-6-7-8-12-15-18-21(26(23,24)25)19-16-13-10-9-11-14-17-20(22)4-2;/h20-22H,3-19H2,1-2H3,(H,23,24,25);/q;+1/p-1. The molecule has 0 aromatic carbocycles. The van der Waals surface area contributed by atoms with E-state index in [1.165, 1.54) is 25.7 Å². The third-order valence-electron chi connectivity index (χ3n) is 5.32. The predicted octanol–water partition coefficient (Wildman–Crippen LogP) is 2.94. The van der Waals surface area contributed by atoms with Gasteiger partial charge in [0.1, 0.15) is 0 Å². The van der Waals surface area contributed by atoms with Crippen molar-refractivity contribution in [3.63, 3.8) is 0 Å². The normalized spacial score (nSPS) is 13.9. The van der Waals surface area contributed by atoms with Crippen LogP contribution in [0.15, 0.2) is 0 Å². The Kier molecular flexibility index (Phi) is 23.6. The first kappa shape index (κ1) is 30.7. The van der Waals surface area contributed by atoms with E-state index in [2.05, 4.69) is 6.92 Å². The third-order valence-corrected chi connectivity index (χ3v) is 6.61. The molecule has 6 heteroatoms. The Morgan fingerprint density at radius 3 is 1.44 bits per heavy atom. The van der Waals surface area contributed by atoms with Gasteiger partial charge >= 0.3 is 51.4 Å². The number of aliphatic hydroxyl groups excluding tert-OH is 1. The summed E-state index contributed by atoms with van der Waals surface area (Å²) in [6.45, 7) is 4.19. The Morgan fingerprint density at radius 1 is 0.704 bits per heavy atom. The Hall–Kier alpha value is 1.51. The van der Waals surface area contributed by atoms with Gasteiger partial charge in [0.15, 0.2) is 0 Å². The SMILES string of the molecule is CCCCCCCCCC(CCCCCCCCC(O)CC)S(=O)(=O)[O-].[K+]. The molecule has 0 aliphatic rings. The van der Waals surface area contributed by atoms with Gasteiger partial charge in [0.2, 0.25) is 0 Å². The maximum Gasteiger partial charge on any atom is 1.00 e. The summed E-state index contributed by atoms with van der Waals surface area (Å²) in [6, 6.07) is 0. The van der Waals surface area contributed by atoms with Gasteiger partial charge in [-0.05, 0) is 25.7 Å². The summed E-state index contributed by atoms with van der Waals surface area (Å²) < 4.78 is 34.4. The van der Waals surface area contributed by atoms with Gasteiger partial charge in [-0.15, -0.1) is 0 Å². The average molecular weight is 431 g/mol. The van der Waals surface area contributed by atoms with E-state index < -0.39 is 15.4 Å². The molecule has 0 fully saturated rings. The van der Waals surface area contributed by atoms with E-state index >= 15 is 0 Å². The van der Waals surface area contributed by atoms with Crippen LogP contribution in [0, 0.1) is 0 Å².